The molecule has 0 amide bonds. The minimum atomic E-state index is -4.03. The highest BCUT2D eigenvalue weighted by atomic mass is 31.2. The molecule has 0 fully saturated rings. The smallest absolute Gasteiger partial charge is 0.362 e. The summed E-state index contributed by atoms with van der Waals surface area (Å²) in [6.45, 7) is 1.35. The Morgan fingerprint density at radius 1 is 1.15 bits per heavy atom. The van der Waals surface area contributed by atoms with Crippen molar-refractivity contribution in [3.8, 4) is 11.5 Å². The SMILES string of the molecule is CCOP(=O)(O)c1cc(OCCO)ccc1OCCO. The Labute approximate surface area is 117 Å². The standard InChI is InChI=1S/C12H19O7P/c1-2-19-20(15,16)12-9-10(17-7-5-13)3-4-11(12)18-8-6-14/h3-4,9,13-14H,2,5-8H2,1H3,(H,15,16). The van der Waals surface area contributed by atoms with E-state index in [2.05, 4.69) is 0 Å². The number of hydrogen-bond acceptors (Lipinski definition) is 6. The molecule has 0 aliphatic rings. The van der Waals surface area contributed by atoms with Gasteiger partial charge in [0.25, 0.3) is 0 Å². The summed E-state index contributed by atoms with van der Waals surface area (Å²) >= 11 is 0. The summed E-state index contributed by atoms with van der Waals surface area (Å²) in [6.07, 6.45) is 0. The van der Waals surface area contributed by atoms with Crippen LogP contribution in [0.2, 0.25) is 0 Å². The zero-order valence-electron chi connectivity index (χ0n) is 11.2. The fourth-order valence-electron chi connectivity index (χ4n) is 1.49. The molecule has 0 aliphatic carbocycles. The second kappa shape index (κ2) is 8.24. The van der Waals surface area contributed by atoms with E-state index in [1.54, 1.807) is 6.92 Å². The second-order valence-electron chi connectivity index (χ2n) is 3.71. The average molecular weight is 306 g/mol. The van der Waals surface area contributed by atoms with Gasteiger partial charge in [-0.3, -0.25) is 4.57 Å². The van der Waals surface area contributed by atoms with E-state index in [1.165, 1.54) is 18.2 Å². The van der Waals surface area contributed by atoms with Crippen molar-refractivity contribution in [2.24, 2.45) is 0 Å². The lowest BCUT2D eigenvalue weighted by molar-refractivity contribution is 0.198. The molecule has 7 nitrogen and oxygen atoms in total. The van der Waals surface area contributed by atoms with Crippen LogP contribution in [0.15, 0.2) is 18.2 Å². The van der Waals surface area contributed by atoms with Crippen LogP contribution in [0.3, 0.4) is 0 Å². The van der Waals surface area contributed by atoms with Gasteiger partial charge in [0.1, 0.15) is 30.0 Å². The van der Waals surface area contributed by atoms with Crippen LogP contribution >= 0.6 is 7.60 Å². The molecule has 0 aliphatic heterocycles. The molecular formula is C12H19O7P. The van der Waals surface area contributed by atoms with Crippen molar-refractivity contribution < 1.29 is 33.7 Å². The minimum absolute atomic E-state index is 0.00400. The first-order valence-corrected chi connectivity index (χ1v) is 7.72. The first-order chi connectivity index (χ1) is 9.55. The van der Waals surface area contributed by atoms with Gasteiger partial charge >= 0.3 is 7.60 Å². The molecule has 3 N–H and O–H groups in total. The van der Waals surface area contributed by atoms with Gasteiger partial charge in [-0.1, -0.05) is 0 Å². The van der Waals surface area contributed by atoms with E-state index in [9.17, 15) is 9.46 Å². The zero-order valence-corrected chi connectivity index (χ0v) is 12.1. The summed E-state index contributed by atoms with van der Waals surface area (Å²) in [5.41, 5.74) is 0. The van der Waals surface area contributed by atoms with Crippen LogP contribution in [-0.4, -0.2) is 48.1 Å². The van der Waals surface area contributed by atoms with Crippen molar-refractivity contribution in [2.45, 2.75) is 6.92 Å². The van der Waals surface area contributed by atoms with Gasteiger partial charge in [0.2, 0.25) is 0 Å². The largest absolute Gasteiger partial charge is 0.491 e. The number of benzene rings is 1. The fourth-order valence-corrected chi connectivity index (χ4v) is 2.69. The molecule has 0 aromatic heterocycles. The first kappa shape index (κ1) is 16.9. The molecular weight excluding hydrogens is 287 g/mol. The third-order valence-corrected chi connectivity index (χ3v) is 3.81. The minimum Gasteiger partial charge on any atom is -0.491 e. The van der Waals surface area contributed by atoms with E-state index >= 15 is 0 Å². The molecule has 0 heterocycles. The molecule has 1 unspecified atom stereocenters. The quantitative estimate of drug-likeness (QED) is 0.563. The van der Waals surface area contributed by atoms with Crippen molar-refractivity contribution in [1.29, 1.82) is 0 Å². The molecule has 1 rings (SSSR count). The van der Waals surface area contributed by atoms with Gasteiger partial charge in [-0.15, -0.1) is 0 Å². The average Bonchev–Trinajstić information content (AvgIpc) is 2.43. The number of ether oxygens (including phenoxy) is 2. The van der Waals surface area contributed by atoms with Gasteiger partial charge in [-0.25, -0.2) is 0 Å². The van der Waals surface area contributed by atoms with E-state index in [0.717, 1.165) is 0 Å². The Bertz CT molecular complexity index is 463. The van der Waals surface area contributed by atoms with Crippen LogP contribution in [-0.2, 0) is 9.09 Å². The van der Waals surface area contributed by atoms with Crippen LogP contribution in [0.5, 0.6) is 11.5 Å². The third kappa shape index (κ3) is 4.77. The predicted molar refractivity (Wildman–Crippen MR) is 72.7 cm³/mol. The number of aliphatic hydroxyl groups is 2. The van der Waals surface area contributed by atoms with Gasteiger partial charge in [0, 0.05) is 0 Å². The van der Waals surface area contributed by atoms with Gasteiger partial charge in [-0.2, -0.15) is 0 Å². The summed E-state index contributed by atoms with van der Waals surface area (Å²) in [4.78, 5) is 9.90. The van der Waals surface area contributed by atoms with Crippen molar-refractivity contribution >= 4 is 12.9 Å². The number of rotatable bonds is 9. The summed E-state index contributed by atoms with van der Waals surface area (Å²) in [5.74, 6) is 0.467. The maximum absolute atomic E-state index is 12.1. The van der Waals surface area contributed by atoms with Gasteiger partial charge in [0.05, 0.1) is 19.8 Å². The maximum atomic E-state index is 12.1. The molecule has 1 atom stereocenters. The maximum Gasteiger partial charge on any atom is 0.362 e. The Hall–Kier alpha value is -1.11. The molecule has 1 aromatic rings. The highest BCUT2D eigenvalue weighted by Gasteiger charge is 2.27. The molecule has 20 heavy (non-hydrogen) atoms. The van der Waals surface area contributed by atoms with Crippen molar-refractivity contribution in [3.63, 3.8) is 0 Å². The molecule has 0 bridgehead atoms. The van der Waals surface area contributed by atoms with Crippen LogP contribution in [0.1, 0.15) is 6.92 Å². The fraction of sp³-hybridized carbons (Fsp3) is 0.500. The van der Waals surface area contributed by atoms with E-state index < -0.39 is 7.60 Å². The van der Waals surface area contributed by atoms with E-state index in [4.69, 9.17) is 24.2 Å². The van der Waals surface area contributed by atoms with Crippen LogP contribution in [0, 0.1) is 0 Å². The van der Waals surface area contributed by atoms with E-state index in [0.29, 0.717) is 5.75 Å². The third-order valence-electron chi connectivity index (χ3n) is 2.25. The summed E-state index contributed by atoms with van der Waals surface area (Å²) in [6, 6.07) is 4.33. The molecule has 0 radical (unpaired) electrons. The molecule has 114 valence electrons. The molecule has 0 saturated heterocycles. The molecule has 8 heteroatoms. The summed E-state index contributed by atoms with van der Waals surface area (Å²) < 4.78 is 27.4. The van der Waals surface area contributed by atoms with Crippen LogP contribution in [0.25, 0.3) is 0 Å². The van der Waals surface area contributed by atoms with Crippen molar-refractivity contribution in [3.05, 3.63) is 18.2 Å². The Balaban J connectivity index is 3.08. The first-order valence-electron chi connectivity index (χ1n) is 6.14. The zero-order chi connectivity index (χ0) is 15.0. The summed E-state index contributed by atoms with van der Waals surface area (Å²) in [7, 11) is -4.03. The van der Waals surface area contributed by atoms with Crippen LogP contribution < -0.4 is 14.8 Å². The van der Waals surface area contributed by atoms with Crippen molar-refractivity contribution in [1.82, 2.24) is 0 Å². The molecule has 0 spiro atoms. The molecule has 0 saturated carbocycles. The van der Waals surface area contributed by atoms with E-state index in [1.807, 2.05) is 0 Å². The molecule has 1 aromatic carbocycles. The second-order valence-corrected chi connectivity index (χ2v) is 5.49. The normalized spacial score (nSPS) is 13.8. The van der Waals surface area contributed by atoms with Crippen molar-refractivity contribution in [2.75, 3.05) is 33.0 Å². The lowest BCUT2D eigenvalue weighted by Gasteiger charge is -2.17. The predicted octanol–water partition coefficient (Wildman–Crippen LogP) is 0.276. The van der Waals surface area contributed by atoms with Gasteiger partial charge in [-0.05, 0) is 25.1 Å². The highest BCUT2D eigenvalue weighted by Crippen LogP contribution is 2.44. The topological polar surface area (TPSA) is 105 Å². The van der Waals surface area contributed by atoms with E-state index in [-0.39, 0.29) is 44.1 Å². The summed E-state index contributed by atoms with van der Waals surface area (Å²) in [5, 5.41) is 17.4. The van der Waals surface area contributed by atoms with Gasteiger partial charge < -0.3 is 29.1 Å². The van der Waals surface area contributed by atoms with Gasteiger partial charge in [0.15, 0.2) is 0 Å². The Morgan fingerprint density at radius 2 is 1.80 bits per heavy atom. The Morgan fingerprint density at radius 3 is 2.40 bits per heavy atom. The lowest BCUT2D eigenvalue weighted by atomic mass is 10.3. The monoisotopic (exact) mass is 306 g/mol. The van der Waals surface area contributed by atoms with Crippen LogP contribution in [0.4, 0.5) is 0 Å². The Kier molecular flexibility index (Phi) is 6.98. The number of aliphatic hydroxyl groups excluding tert-OH is 2. The number of hydrogen-bond donors (Lipinski definition) is 3. The highest BCUT2D eigenvalue weighted by molar-refractivity contribution is 7.61. The lowest BCUT2D eigenvalue weighted by Crippen LogP contribution is -2.15.